The van der Waals surface area contributed by atoms with Gasteiger partial charge in [-0.2, -0.15) is 0 Å². The van der Waals surface area contributed by atoms with Crippen molar-refractivity contribution in [1.29, 1.82) is 0 Å². The SMILES string of the molecule is Oc1cccc(OC(F)(F)F)c1O. The lowest BCUT2D eigenvalue weighted by atomic mass is 10.3. The predicted octanol–water partition coefficient (Wildman–Crippen LogP) is 2.00. The molecule has 0 aromatic heterocycles. The van der Waals surface area contributed by atoms with Crippen LogP contribution in [-0.4, -0.2) is 16.6 Å². The lowest BCUT2D eigenvalue weighted by Crippen LogP contribution is -2.17. The fourth-order valence-corrected chi connectivity index (χ4v) is 0.718. The molecule has 3 nitrogen and oxygen atoms in total. The number of ether oxygens (including phenoxy) is 1. The lowest BCUT2D eigenvalue weighted by Gasteiger charge is -2.10. The molecule has 6 heteroatoms. The van der Waals surface area contributed by atoms with Crippen LogP contribution >= 0.6 is 0 Å². The summed E-state index contributed by atoms with van der Waals surface area (Å²) >= 11 is 0. The van der Waals surface area contributed by atoms with Gasteiger partial charge in [0.25, 0.3) is 0 Å². The largest absolute Gasteiger partial charge is 0.573 e. The highest BCUT2D eigenvalue weighted by atomic mass is 19.4. The van der Waals surface area contributed by atoms with Crippen LogP contribution in [0.5, 0.6) is 17.2 Å². The summed E-state index contributed by atoms with van der Waals surface area (Å²) in [4.78, 5) is 0. The second kappa shape index (κ2) is 3.04. The summed E-state index contributed by atoms with van der Waals surface area (Å²) in [6.07, 6.45) is -4.88. The van der Waals surface area contributed by atoms with Crippen LogP contribution in [-0.2, 0) is 0 Å². The molecule has 0 fully saturated rings. The Morgan fingerprint density at radius 2 is 1.77 bits per heavy atom. The maximum Gasteiger partial charge on any atom is 0.573 e. The second-order valence-corrected chi connectivity index (χ2v) is 2.17. The molecule has 0 heterocycles. The molecule has 0 aliphatic carbocycles. The first-order valence-corrected chi connectivity index (χ1v) is 3.17. The molecule has 0 atom stereocenters. The van der Waals surface area contributed by atoms with E-state index in [-0.39, 0.29) is 0 Å². The molecule has 0 saturated carbocycles. The van der Waals surface area contributed by atoms with E-state index in [1.807, 2.05) is 0 Å². The van der Waals surface area contributed by atoms with Crippen molar-refractivity contribution < 1.29 is 28.1 Å². The molecule has 0 radical (unpaired) electrons. The van der Waals surface area contributed by atoms with E-state index in [9.17, 15) is 13.2 Å². The Hall–Kier alpha value is -1.59. The van der Waals surface area contributed by atoms with E-state index in [0.29, 0.717) is 0 Å². The summed E-state index contributed by atoms with van der Waals surface area (Å²) in [5.74, 6) is -2.42. The molecular formula is C7H5F3O3. The first kappa shape index (κ1) is 9.50. The van der Waals surface area contributed by atoms with E-state index in [0.717, 1.165) is 18.2 Å². The van der Waals surface area contributed by atoms with Crippen LogP contribution in [0.1, 0.15) is 0 Å². The average molecular weight is 194 g/mol. The summed E-state index contributed by atoms with van der Waals surface area (Å²) in [6.45, 7) is 0. The molecule has 13 heavy (non-hydrogen) atoms. The number of para-hydroxylation sites is 1. The van der Waals surface area contributed by atoms with Crippen LogP contribution in [0.4, 0.5) is 13.2 Å². The number of rotatable bonds is 1. The van der Waals surface area contributed by atoms with Crippen LogP contribution in [0.15, 0.2) is 18.2 Å². The Morgan fingerprint density at radius 1 is 1.15 bits per heavy atom. The van der Waals surface area contributed by atoms with Gasteiger partial charge in [-0.15, -0.1) is 13.2 Å². The molecule has 0 unspecified atom stereocenters. The van der Waals surface area contributed by atoms with Gasteiger partial charge in [-0.25, -0.2) is 0 Å². The summed E-state index contributed by atoms with van der Waals surface area (Å²) in [5.41, 5.74) is 0. The third kappa shape index (κ3) is 2.43. The van der Waals surface area contributed by atoms with Crippen molar-refractivity contribution in [2.45, 2.75) is 6.36 Å². The zero-order valence-corrected chi connectivity index (χ0v) is 6.17. The third-order valence-corrected chi connectivity index (χ3v) is 1.20. The van der Waals surface area contributed by atoms with Gasteiger partial charge in [-0.3, -0.25) is 0 Å². The van der Waals surface area contributed by atoms with Crippen molar-refractivity contribution in [3.63, 3.8) is 0 Å². The van der Waals surface area contributed by atoms with Crippen molar-refractivity contribution in [1.82, 2.24) is 0 Å². The maximum absolute atomic E-state index is 11.6. The van der Waals surface area contributed by atoms with E-state index in [4.69, 9.17) is 10.2 Å². The maximum atomic E-state index is 11.6. The fourth-order valence-electron chi connectivity index (χ4n) is 0.718. The van der Waals surface area contributed by atoms with Crippen molar-refractivity contribution in [2.75, 3.05) is 0 Å². The normalized spacial score (nSPS) is 11.3. The molecule has 0 amide bonds. The number of phenolic OH excluding ortho intramolecular Hbond substituents is 2. The van der Waals surface area contributed by atoms with Gasteiger partial charge < -0.3 is 14.9 Å². The highest BCUT2D eigenvalue weighted by Crippen LogP contribution is 2.37. The van der Waals surface area contributed by atoms with Crippen LogP contribution in [0.3, 0.4) is 0 Å². The van der Waals surface area contributed by atoms with Gasteiger partial charge in [0.2, 0.25) is 5.75 Å². The van der Waals surface area contributed by atoms with Crippen LogP contribution in [0.25, 0.3) is 0 Å². The number of hydrogen-bond acceptors (Lipinski definition) is 3. The number of benzene rings is 1. The number of phenols is 2. The third-order valence-electron chi connectivity index (χ3n) is 1.20. The van der Waals surface area contributed by atoms with Gasteiger partial charge in [0.15, 0.2) is 11.5 Å². The highest BCUT2D eigenvalue weighted by molar-refractivity contribution is 5.48. The highest BCUT2D eigenvalue weighted by Gasteiger charge is 2.32. The van der Waals surface area contributed by atoms with Gasteiger partial charge in [-0.1, -0.05) is 6.07 Å². The minimum atomic E-state index is -4.88. The zero-order chi connectivity index (χ0) is 10.1. The van der Waals surface area contributed by atoms with Gasteiger partial charge in [0, 0.05) is 0 Å². The van der Waals surface area contributed by atoms with E-state index in [1.54, 1.807) is 0 Å². The summed E-state index contributed by atoms with van der Waals surface area (Å²) in [6, 6.07) is 3.05. The number of halogens is 3. The molecule has 2 N–H and O–H groups in total. The minimum absolute atomic E-state index is 0.665. The van der Waals surface area contributed by atoms with Crippen molar-refractivity contribution >= 4 is 0 Å². The van der Waals surface area contributed by atoms with Crippen LogP contribution < -0.4 is 4.74 Å². The van der Waals surface area contributed by atoms with E-state index in [2.05, 4.69) is 4.74 Å². The number of hydrogen-bond donors (Lipinski definition) is 2. The zero-order valence-electron chi connectivity index (χ0n) is 6.17. The molecule has 1 rings (SSSR count). The Labute approximate surface area is 71.0 Å². The summed E-state index contributed by atoms with van der Waals surface area (Å²) < 4.78 is 38.3. The van der Waals surface area contributed by atoms with Crippen molar-refractivity contribution in [3.05, 3.63) is 18.2 Å². The molecule has 0 aliphatic heterocycles. The molecular weight excluding hydrogens is 189 g/mol. The van der Waals surface area contributed by atoms with Crippen LogP contribution in [0.2, 0.25) is 0 Å². The quantitative estimate of drug-likeness (QED) is 0.672. The van der Waals surface area contributed by atoms with E-state index in [1.165, 1.54) is 0 Å². The first-order valence-electron chi connectivity index (χ1n) is 3.17. The Kier molecular flexibility index (Phi) is 2.22. The van der Waals surface area contributed by atoms with Gasteiger partial charge in [0.05, 0.1) is 0 Å². The molecule has 0 saturated heterocycles. The van der Waals surface area contributed by atoms with Gasteiger partial charge in [-0.05, 0) is 12.1 Å². The molecule has 0 aliphatic rings. The second-order valence-electron chi connectivity index (χ2n) is 2.17. The first-order chi connectivity index (χ1) is 5.90. The summed E-state index contributed by atoms with van der Waals surface area (Å²) in [7, 11) is 0. The summed E-state index contributed by atoms with van der Waals surface area (Å²) in [5, 5.41) is 17.7. The minimum Gasteiger partial charge on any atom is -0.504 e. The molecule has 0 spiro atoms. The fraction of sp³-hybridized carbons (Fsp3) is 0.143. The van der Waals surface area contributed by atoms with Crippen molar-refractivity contribution in [3.8, 4) is 17.2 Å². The predicted molar refractivity (Wildman–Crippen MR) is 36.5 cm³/mol. The standard InChI is InChI=1S/C7H5F3O3/c8-7(9,10)13-5-3-1-2-4(11)6(5)12/h1-3,11-12H. The van der Waals surface area contributed by atoms with Crippen LogP contribution in [0, 0.1) is 0 Å². The molecule has 1 aromatic carbocycles. The number of alkyl halides is 3. The van der Waals surface area contributed by atoms with Gasteiger partial charge >= 0.3 is 6.36 Å². The van der Waals surface area contributed by atoms with E-state index >= 15 is 0 Å². The van der Waals surface area contributed by atoms with E-state index < -0.39 is 23.6 Å². The topological polar surface area (TPSA) is 49.7 Å². The number of aromatic hydroxyl groups is 2. The average Bonchev–Trinajstić information content (AvgIpc) is 1.96. The Morgan fingerprint density at radius 3 is 2.31 bits per heavy atom. The smallest absolute Gasteiger partial charge is 0.504 e. The Bertz CT molecular complexity index is 308. The Balaban J connectivity index is 2.96. The monoisotopic (exact) mass is 194 g/mol. The lowest BCUT2D eigenvalue weighted by molar-refractivity contribution is -0.275. The van der Waals surface area contributed by atoms with Gasteiger partial charge in [0.1, 0.15) is 0 Å². The molecule has 0 bridgehead atoms. The molecule has 72 valence electrons. The molecule has 1 aromatic rings. The van der Waals surface area contributed by atoms with Crippen molar-refractivity contribution in [2.24, 2.45) is 0 Å².